The Bertz CT molecular complexity index is 281. The fourth-order valence-corrected chi connectivity index (χ4v) is 1.15. The van der Waals surface area contributed by atoms with E-state index >= 15 is 0 Å². The van der Waals surface area contributed by atoms with Crippen LogP contribution >= 0.6 is 22.6 Å². The van der Waals surface area contributed by atoms with E-state index in [1.165, 1.54) is 13.2 Å². The minimum Gasteiger partial charge on any atom is -0.481 e. The van der Waals surface area contributed by atoms with Gasteiger partial charge in [0.2, 0.25) is 5.88 Å². The first-order valence-corrected chi connectivity index (χ1v) is 3.74. The van der Waals surface area contributed by atoms with Crippen molar-refractivity contribution >= 4 is 22.6 Å². The van der Waals surface area contributed by atoms with Crippen molar-refractivity contribution in [2.24, 2.45) is 0 Å². The second-order valence-corrected chi connectivity index (χ2v) is 2.77. The van der Waals surface area contributed by atoms with Gasteiger partial charge in [-0.3, -0.25) is 4.79 Å². The summed E-state index contributed by atoms with van der Waals surface area (Å²) in [5, 5.41) is 0. The van der Waals surface area contributed by atoms with Gasteiger partial charge < -0.3 is 9.72 Å². The summed E-state index contributed by atoms with van der Waals surface area (Å²) < 4.78 is 5.45. The number of H-pyrrole nitrogens is 1. The number of nitrogens with one attached hydrogen (secondary N) is 1. The Morgan fingerprint density at radius 1 is 1.70 bits per heavy atom. The fourth-order valence-electron chi connectivity index (χ4n) is 0.590. The molecule has 3 nitrogen and oxygen atoms in total. The highest BCUT2D eigenvalue weighted by atomic mass is 127. The number of methoxy groups -OCH3 is 1. The summed E-state index contributed by atoms with van der Waals surface area (Å²) in [6.45, 7) is 0. The zero-order chi connectivity index (χ0) is 7.56. The summed E-state index contributed by atoms with van der Waals surface area (Å²) in [4.78, 5) is 13.7. The molecule has 54 valence electrons. The SMILES string of the molecule is COc1[nH]ccc(=O)c1I. The van der Waals surface area contributed by atoms with E-state index in [0.29, 0.717) is 9.45 Å². The minimum absolute atomic E-state index is 0.0174. The fraction of sp³-hybridized carbons (Fsp3) is 0.167. The molecule has 1 rings (SSSR count). The van der Waals surface area contributed by atoms with Crippen LogP contribution < -0.4 is 10.2 Å². The summed E-state index contributed by atoms with van der Waals surface area (Å²) in [7, 11) is 1.52. The predicted molar refractivity (Wildman–Crippen MR) is 46.3 cm³/mol. The van der Waals surface area contributed by atoms with Gasteiger partial charge in [0.05, 0.1) is 7.11 Å². The molecule has 1 N–H and O–H groups in total. The Labute approximate surface area is 71.6 Å². The van der Waals surface area contributed by atoms with Crippen LogP contribution in [0.2, 0.25) is 0 Å². The highest BCUT2D eigenvalue weighted by Gasteiger charge is 2.00. The van der Waals surface area contributed by atoms with Gasteiger partial charge in [-0.25, -0.2) is 0 Å². The Hall–Kier alpha value is -0.520. The number of pyridine rings is 1. The number of aromatic nitrogens is 1. The summed E-state index contributed by atoms with van der Waals surface area (Å²) in [6.07, 6.45) is 1.56. The maximum atomic E-state index is 10.9. The van der Waals surface area contributed by atoms with Crippen molar-refractivity contribution in [2.45, 2.75) is 0 Å². The standard InChI is InChI=1S/C6H6INO2/c1-10-6-5(7)4(9)2-3-8-6/h2-3H,1H3,(H,8,9). The van der Waals surface area contributed by atoms with Crippen LogP contribution in [0.1, 0.15) is 0 Å². The van der Waals surface area contributed by atoms with Crippen molar-refractivity contribution in [3.8, 4) is 5.88 Å². The van der Waals surface area contributed by atoms with E-state index in [9.17, 15) is 4.79 Å². The molecule has 0 bridgehead atoms. The lowest BCUT2D eigenvalue weighted by molar-refractivity contribution is 0.394. The quantitative estimate of drug-likeness (QED) is 0.756. The summed E-state index contributed by atoms with van der Waals surface area (Å²) >= 11 is 1.94. The highest BCUT2D eigenvalue weighted by Crippen LogP contribution is 2.10. The first-order chi connectivity index (χ1) is 4.75. The Balaban J connectivity index is 3.28. The smallest absolute Gasteiger partial charge is 0.208 e. The van der Waals surface area contributed by atoms with E-state index in [4.69, 9.17) is 4.74 Å². The average Bonchev–Trinajstić information content (AvgIpc) is 1.95. The van der Waals surface area contributed by atoms with Crippen LogP contribution in [0.4, 0.5) is 0 Å². The van der Waals surface area contributed by atoms with Crippen molar-refractivity contribution in [1.29, 1.82) is 0 Å². The molecule has 1 aromatic heterocycles. The molecule has 4 heteroatoms. The Morgan fingerprint density at radius 2 is 2.40 bits per heavy atom. The lowest BCUT2D eigenvalue weighted by Crippen LogP contribution is -2.05. The largest absolute Gasteiger partial charge is 0.481 e. The first-order valence-electron chi connectivity index (χ1n) is 2.67. The molecular formula is C6H6INO2. The minimum atomic E-state index is -0.0174. The number of halogens is 1. The van der Waals surface area contributed by atoms with E-state index in [1.54, 1.807) is 6.20 Å². The Morgan fingerprint density at radius 3 is 2.90 bits per heavy atom. The van der Waals surface area contributed by atoms with Crippen LogP contribution in [0.15, 0.2) is 17.1 Å². The third-order valence-electron chi connectivity index (χ3n) is 1.07. The van der Waals surface area contributed by atoms with Gasteiger partial charge in [-0.05, 0) is 22.6 Å². The molecule has 0 aliphatic heterocycles. The van der Waals surface area contributed by atoms with Crippen LogP contribution in [0.25, 0.3) is 0 Å². The molecule has 1 heterocycles. The van der Waals surface area contributed by atoms with E-state index < -0.39 is 0 Å². The number of rotatable bonds is 1. The maximum absolute atomic E-state index is 10.9. The molecule has 0 unspecified atom stereocenters. The molecule has 0 spiro atoms. The van der Waals surface area contributed by atoms with Gasteiger partial charge in [0.25, 0.3) is 0 Å². The van der Waals surface area contributed by atoms with Crippen molar-refractivity contribution < 1.29 is 4.74 Å². The van der Waals surface area contributed by atoms with Gasteiger partial charge in [-0.2, -0.15) is 0 Å². The average molecular weight is 251 g/mol. The van der Waals surface area contributed by atoms with Crippen molar-refractivity contribution in [2.75, 3.05) is 7.11 Å². The van der Waals surface area contributed by atoms with Crippen LogP contribution in [0.5, 0.6) is 5.88 Å². The monoisotopic (exact) mass is 251 g/mol. The third-order valence-corrected chi connectivity index (χ3v) is 2.09. The van der Waals surface area contributed by atoms with Crippen LogP contribution in [-0.4, -0.2) is 12.1 Å². The number of hydrogen-bond acceptors (Lipinski definition) is 2. The third kappa shape index (κ3) is 1.31. The maximum Gasteiger partial charge on any atom is 0.208 e. The molecule has 0 saturated carbocycles. The molecule has 0 aromatic carbocycles. The van der Waals surface area contributed by atoms with Crippen LogP contribution in [0.3, 0.4) is 0 Å². The molecule has 1 aromatic rings. The van der Waals surface area contributed by atoms with E-state index in [1.807, 2.05) is 22.6 Å². The second-order valence-electron chi connectivity index (χ2n) is 1.69. The Kier molecular flexibility index (Phi) is 2.31. The highest BCUT2D eigenvalue weighted by molar-refractivity contribution is 14.1. The molecular weight excluding hydrogens is 245 g/mol. The van der Waals surface area contributed by atoms with Crippen molar-refractivity contribution in [1.82, 2.24) is 4.98 Å². The van der Waals surface area contributed by atoms with Gasteiger partial charge in [0.15, 0.2) is 5.43 Å². The predicted octanol–water partition coefficient (Wildman–Crippen LogP) is 0.988. The summed E-state index contributed by atoms with van der Waals surface area (Å²) in [6, 6.07) is 1.46. The normalized spacial score (nSPS) is 9.40. The van der Waals surface area contributed by atoms with Gasteiger partial charge >= 0.3 is 0 Å². The van der Waals surface area contributed by atoms with Crippen molar-refractivity contribution in [3.05, 3.63) is 26.1 Å². The van der Waals surface area contributed by atoms with E-state index in [-0.39, 0.29) is 5.43 Å². The van der Waals surface area contributed by atoms with E-state index in [0.717, 1.165) is 0 Å². The molecule has 0 atom stereocenters. The zero-order valence-corrected chi connectivity index (χ0v) is 7.51. The molecule has 0 radical (unpaired) electrons. The van der Waals surface area contributed by atoms with E-state index in [2.05, 4.69) is 4.98 Å². The lowest BCUT2D eigenvalue weighted by atomic mass is 10.5. The van der Waals surface area contributed by atoms with Gasteiger partial charge in [0.1, 0.15) is 3.57 Å². The van der Waals surface area contributed by atoms with Gasteiger partial charge in [-0.1, -0.05) is 0 Å². The molecule has 10 heavy (non-hydrogen) atoms. The van der Waals surface area contributed by atoms with Crippen molar-refractivity contribution in [3.63, 3.8) is 0 Å². The molecule has 0 fully saturated rings. The molecule has 0 aliphatic rings. The van der Waals surface area contributed by atoms with Gasteiger partial charge in [-0.15, -0.1) is 0 Å². The second kappa shape index (κ2) is 3.05. The number of aromatic amines is 1. The lowest BCUT2D eigenvalue weighted by Gasteiger charge is -1.99. The summed E-state index contributed by atoms with van der Waals surface area (Å²) in [5.74, 6) is 0.521. The van der Waals surface area contributed by atoms with Crippen LogP contribution in [0, 0.1) is 3.57 Å². The molecule has 0 amide bonds. The topological polar surface area (TPSA) is 42.1 Å². The van der Waals surface area contributed by atoms with Crippen LogP contribution in [-0.2, 0) is 0 Å². The number of ether oxygens (including phenoxy) is 1. The molecule has 0 saturated heterocycles. The number of hydrogen-bond donors (Lipinski definition) is 1. The molecule has 0 aliphatic carbocycles. The van der Waals surface area contributed by atoms with Gasteiger partial charge in [0, 0.05) is 12.3 Å². The zero-order valence-electron chi connectivity index (χ0n) is 5.35. The first kappa shape index (κ1) is 7.59. The summed E-state index contributed by atoms with van der Waals surface area (Å²) in [5.41, 5.74) is -0.0174.